The molecule has 1 aromatic heterocycles. The van der Waals surface area contributed by atoms with E-state index in [2.05, 4.69) is 41.1 Å². The first-order valence-electron chi connectivity index (χ1n) is 8.08. The normalized spacial score (nSPS) is 18.7. The van der Waals surface area contributed by atoms with Gasteiger partial charge in [-0.2, -0.15) is 0 Å². The Bertz CT molecular complexity index is 494. The van der Waals surface area contributed by atoms with Crippen LogP contribution in [0.25, 0.3) is 0 Å². The van der Waals surface area contributed by atoms with E-state index in [1.807, 2.05) is 18.4 Å². The lowest BCUT2D eigenvalue weighted by Gasteiger charge is -2.24. The van der Waals surface area contributed by atoms with Gasteiger partial charge in [0, 0.05) is 51.0 Å². The quantitative estimate of drug-likeness (QED) is 0.643. The van der Waals surface area contributed by atoms with Crippen LogP contribution in [-0.2, 0) is 17.6 Å². The molecule has 2 heterocycles. The molecule has 0 bridgehead atoms. The molecule has 0 aliphatic carbocycles. The van der Waals surface area contributed by atoms with Crippen LogP contribution in [0.3, 0.4) is 0 Å². The number of aryl methyl sites for hydroxylation is 2. The summed E-state index contributed by atoms with van der Waals surface area (Å²) >= 11 is 1.81. The summed E-state index contributed by atoms with van der Waals surface area (Å²) in [6, 6.07) is 0. The van der Waals surface area contributed by atoms with Gasteiger partial charge in [-0.05, 0) is 19.8 Å². The van der Waals surface area contributed by atoms with Crippen molar-refractivity contribution in [3.63, 3.8) is 0 Å². The van der Waals surface area contributed by atoms with Crippen molar-refractivity contribution in [2.24, 2.45) is 10.9 Å². The highest BCUT2D eigenvalue weighted by molar-refractivity contribution is 7.11. The summed E-state index contributed by atoms with van der Waals surface area (Å²) in [4.78, 5) is 12.6. The molecule has 1 aliphatic heterocycles. The smallest absolute Gasteiger partial charge is 0.193 e. The minimum Gasteiger partial charge on any atom is -0.381 e. The predicted octanol–water partition coefficient (Wildman–Crippen LogP) is 2.10. The summed E-state index contributed by atoms with van der Waals surface area (Å²) in [5.41, 5.74) is 1.24. The first-order valence-corrected chi connectivity index (χ1v) is 8.90. The van der Waals surface area contributed by atoms with Crippen LogP contribution in [0, 0.1) is 12.8 Å². The molecule has 0 spiro atoms. The molecule has 1 N–H and O–H groups in total. The molecule has 124 valence electrons. The van der Waals surface area contributed by atoms with E-state index in [9.17, 15) is 0 Å². The molecule has 5 nitrogen and oxygen atoms in total. The van der Waals surface area contributed by atoms with Gasteiger partial charge in [0.05, 0.1) is 17.3 Å². The topological polar surface area (TPSA) is 49.8 Å². The van der Waals surface area contributed by atoms with Gasteiger partial charge >= 0.3 is 0 Å². The van der Waals surface area contributed by atoms with E-state index in [4.69, 9.17) is 4.74 Å². The Morgan fingerprint density at radius 3 is 2.95 bits per heavy atom. The van der Waals surface area contributed by atoms with Crippen LogP contribution in [0.1, 0.15) is 28.9 Å². The maximum Gasteiger partial charge on any atom is 0.193 e. The molecule has 1 unspecified atom stereocenters. The van der Waals surface area contributed by atoms with E-state index < -0.39 is 0 Å². The number of aromatic nitrogens is 1. The zero-order valence-electron chi connectivity index (χ0n) is 14.2. The van der Waals surface area contributed by atoms with Crippen LogP contribution in [-0.4, -0.2) is 56.2 Å². The van der Waals surface area contributed by atoms with Crippen LogP contribution >= 0.6 is 11.3 Å². The van der Waals surface area contributed by atoms with Gasteiger partial charge in [-0.15, -0.1) is 11.3 Å². The number of hydrogen-bond acceptors (Lipinski definition) is 4. The van der Waals surface area contributed by atoms with Crippen LogP contribution in [0.2, 0.25) is 0 Å². The molecule has 1 fully saturated rings. The van der Waals surface area contributed by atoms with Crippen LogP contribution < -0.4 is 5.32 Å². The average molecular weight is 324 g/mol. The van der Waals surface area contributed by atoms with E-state index in [0.29, 0.717) is 5.92 Å². The molecule has 2 rings (SSSR count). The van der Waals surface area contributed by atoms with E-state index in [-0.39, 0.29) is 0 Å². The number of nitrogens with one attached hydrogen (secondary N) is 1. The molecule has 1 atom stereocenters. The summed E-state index contributed by atoms with van der Waals surface area (Å²) in [6.07, 6.45) is 3.12. The molecule has 0 amide bonds. The number of rotatable bonds is 6. The molecular weight excluding hydrogens is 296 g/mol. The van der Waals surface area contributed by atoms with Crippen LogP contribution in [0.4, 0.5) is 0 Å². The zero-order valence-corrected chi connectivity index (χ0v) is 15.0. The van der Waals surface area contributed by atoms with Gasteiger partial charge < -0.3 is 15.0 Å². The van der Waals surface area contributed by atoms with Crippen LogP contribution in [0.5, 0.6) is 0 Å². The van der Waals surface area contributed by atoms with Crippen molar-refractivity contribution in [2.45, 2.75) is 33.1 Å². The van der Waals surface area contributed by atoms with E-state index >= 15 is 0 Å². The maximum absolute atomic E-state index is 5.44. The molecule has 6 heteroatoms. The average Bonchev–Trinajstić information content (AvgIpc) is 3.13. The number of thiazole rings is 1. The first kappa shape index (κ1) is 17.2. The van der Waals surface area contributed by atoms with Gasteiger partial charge in [-0.3, -0.25) is 4.99 Å². The SMILES string of the molecule is CCc1nc(CCNC(=NC)N(C)CC2CCOC2)sc1C. The third-order valence-corrected chi connectivity index (χ3v) is 5.10. The van der Waals surface area contributed by atoms with Crippen molar-refractivity contribution in [3.05, 3.63) is 15.6 Å². The molecule has 1 aliphatic rings. The minimum atomic E-state index is 0.622. The third-order valence-electron chi connectivity index (χ3n) is 4.02. The Balaban J connectivity index is 1.77. The molecule has 0 saturated carbocycles. The van der Waals surface area contributed by atoms with Gasteiger partial charge in [-0.1, -0.05) is 6.92 Å². The van der Waals surface area contributed by atoms with Crippen molar-refractivity contribution in [2.75, 3.05) is 40.4 Å². The third kappa shape index (κ3) is 4.68. The fraction of sp³-hybridized carbons (Fsp3) is 0.750. The lowest BCUT2D eigenvalue weighted by atomic mass is 10.1. The molecule has 0 aromatic carbocycles. The van der Waals surface area contributed by atoms with Crippen molar-refractivity contribution < 1.29 is 4.74 Å². The molecule has 22 heavy (non-hydrogen) atoms. The van der Waals surface area contributed by atoms with Gasteiger partial charge in [0.1, 0.15) is 0 Å². The van der Waals surface area contributed by atoms with E-state index in [1.54, 1.807) is 0 Å². The summed E-state index contributed by atoms with van der Waals surface area (Å²) in [5.74, 6) is 1.58. The van der Waals surface area contributed by atoms with Crippen LogP contribution in [0.15, 0.2) is 4.99 Å². The predicted molar refractivity (Wildman–Crippen MR) is 92.9 cm³/mol. The summed E-state index contributed by atoms with van der Waals surface area (Å²) in [6.45, 7) is 7.95. The Kier molecular flexibility index (Phi) is 6.64. The number of nitrogens with zero attached hydrogens (tertiary/aromatic N) is 3. The highest BCUT2D eigenvalue weighted by Crippen LogP contribution is 2.18. The van der Waals surface area contributed by atoms with Gasteiger partial charge in [-0.25, -0.2) is 4.98 Å². The Hall–Kier alpha value is -1.14. The van der Waals surface area contributed by atoms with Gasteiger partial charge in [0.15, 0.2) is 5.96 Å². The zero-order chi connectivity index (χ0) is 15.9. The second-order valence-electron chi connectivity index (χ2n) is 5.80. The lowest BCUT2D eigenvalue weighted by molar-refractivity contribution is 0.181. The minimum absolute atomic E-state index is 0.622. The summed E-state index contributed by atoms with van der Waals surface area (Å²) < 4.78 is 5.44. The first-order chi connectivity index (χ1) is 10.6. The van der Waals surface area contributed by atoms with Gasteiger partial charge in [0.25, 0.3) is 0 Å². The highest BCUT2D eigenvalue weighted by Gasteiger charge is 2.19. The Labute approximate surface area is 137 Å². The molecule has 1 aromatic rings. The largest absolute Gasteiger partial charge is 0.381 e. The summed E-state index contributed by atoms with van der Waals surface area (Å²) in [7, 11) is 3.93. The van der Waals surface area contributed by atoms with Crippen molar-refractivity contribution in [3.8, 4) is 0 Å². The second kappa shape index (κ2) is 8.48. The van der Waals surface area contributed by atoms with Gasteiger partial charge in [0.2, 0.25) is 0 Å². The van der Waals surface area contributed by atoms with Crippen molar-refractivity contribution in [1.82, 2.24) is 15.2 Å². The molecule has 0 radical (unpaired) electrons. The maximum atomic E-state index is 5.44. The standard InChI is InChI=1S/C16H28N4OS/c1-5-14-12(2)22-15(19-14)6-8-18-16(17-3)20(4)10-13-7-9-21-11-13/h13H,5-11H2,1-4H3,(H,17,18). The number of ether oxygens (including phenoxy) is 1. The number of hydrogen-bond donors (Lipinski definition) is 1. The summed E-state index contributed by atoms with van der Waals surface area (Å²) in [5, 5.41) is 4.65. The Morgan fingerprint density at radius 2 is 2.36 bits per heavy atom. The lowest BCUT2D eigenvalue weighted by Crippen LogP contribution is -2.42. The van der Waals surface area contributed by atoms with E-state index in [1.165, 1.54) is 15.6 Å². The molecular formula is C16H28N4OS. The number of guanidine groups is 1. The number of aliphatic imine (C=N–C) groups is 1. The van der Waals surface area contributed by atoms with E-state index in [0.717, 1.165) is 51.5 Å². The molecule has 1 saturated heterocycles. The second-order valence-corrected chi connectivity index (χ2v) is 7.09. The monoisotopic (exact) mass is 324 g/mol. The van der Waals surface area contributed by atoms with Crippen molar-refractivity contribution >= 4 is 17.3 Å². The van der Waals surface area contributed by atoms with Crippen molar-refractivity contribution in [1.29, 1.82) is 0 Å². The fourth-order valence-corrected chi connectivity index (χ4v) is 3.81. The highest BCUT2D eigenvalue weighted by atomic mass is 32.1. The Morgan fingerprint density at radius 1 is 1.55 bits per heavy atom. The fourth-order valence-electron chi connectivity index (χ4n) is 2.79.